The summed E-state index contributed by atoms with van der Waals surface area (Å²) < 4.78 is 5.26. The summed E-state index contributed by atoms with van der Waals surface area (Å²) in [7, 11) is 1.56. The van der Waals surface area contributed by atoms with Crippen molar-refractivity contribution in [1.82, 2.24) is 9.97 Å². The lowest BCUT2D eigenvalue weighted by molar-refractivity contribution is 0.102. The van der Waals surface area contributed by atoms with Crippen LogP contribution in [0.25, 0.3) is 0 Å². The number of nitrogens with zero attached hydrogens (tertiary/aromatic N) is 3. The number of fused-ring (bicyclic) bond motifs is 1. The van der Waals surface area contributed by atoms with Crippen molar-refractivity contribution in [2.45, 2.75) is 19.4 Å². The van der Waals surface area contributed by atoms with Crippen LogP contribution in [0.5, 0.6) is 5.75 Å². The summed E-state index contributed by atoms with van der Waals surface area (Å²) in [6, 6.07) is 15.8. The Morgan fingerprint density at radius 1 is 1.11 bits per heavy atom. The molecule has 1 aromatic heterocycles. The van der Waals surface area contributed by atoms with Gasteiger partial charge < -0.3 is 15.0 Å². The van der Waals surface area contributed by atoms with Gasteiger partial charge in [-0.15, -0.1) is 0 Å². The lowest BCUT2D eigenvalue weighted by Crippen LogP contribution is -2.25. The summed E-state index contributed by atoms with van der Waals surface area (Å²) >= 11 is 0. The first-order chi connectivity index (χ1) is 13.2. The second kappa shape index (κ2) is 7.07. The third-order valence-corrected chi connectivity index (χ3v) is 4.68. The van der Waals surface area contributed by atoms with Gasteiger partial charge in [0.1, 0.15) is 11.4 Å². The maximum absolute atomic E-state index is 12.5. The number of ether oxygens (including phenoxy) is 1. The van der Waals surface area contributed by atoms with Crippen LogP contribution in [0.2, 0.25) is 0 Å². The molecule has 0 saturated carbocycles. The Hall–Kier alpha value is -3.41. The first-order valence-electron chi connectivity index (χ1n) is 8.81. The first kappa shape index (κ1) is 17.0. The van der Waals surface area contributed by atoms with Crippen molar-refractivity contribution >= 4 is 23.1 Å². The summed E-state index contributed by atoms with van der Waals surface area (Å²) in [5.74, 6) is 1.01. The minimum absolute atomic E-state index is 0.254. The predicted octanol–water partition coefficient (Wildman–Crippen LogP) is 3.82. The van der Waals surface area contributed by atoms with E-state index >= 15 is 0 Å². The molecule has 1 N–H and O–H groups in total. The van der Waals surface area contributed by atoms with Crippen LogP contribution in [-0.2, 0) is 6.42 Å². The van der Waals surface area contributed by atoms with Crippen molar-refractivity contribution in [3.8, 4) is 5.75 Å². The molecule has 1 aliphatic heterocycles. The van der Waals surface area contributed by atoms with Gasteiger partial charge in [-0.05, 0) is 37.1 Å². The zero-order valence-electron chi connectivity index (χ0n) is 15.2. The van der Waals surface area contributed by atoms with E-state index in [2.05, 4.69) is 39.2 Å². The molecule has 6 heteroatoms. The van der Waals surface area contributed by atoms with Crippen LogP contribution >= 0.6 is 0 Å². The number of nitrogens with one attached hydrogen (secondary N) is 1. The van der Waals surface area contributed by atoms with E-state index in [9.17, 15) is 4.79 Å². The number of aromatic nitrogens is 2. The van der Waals surface area contributed by atoms with Crippen molar-refractivity contribution in [2.75, 3.05) is 17.3 Å². The van der Waals surface area contributed by atoms with E-state index in [-0.39, 0.29) is 11.6 Å². The topological polar surface area (TPSA) is 67.3 Å². The lowest BCUT2D eigenvalue weighted by Gasteiger charge is -2.23. The molecule has 0 spiro atoms. The van der Waals surface area contributed by atoms with Crippen LogP contribution in [0, 0.1) is 0 Å². The normalized spacial score (nSPS) is 15.3. The van der Waals surface area contributed by atoms with Crippen molar-refractivity contribution in [2.24, 2.45) is 0 Å². The molecule has 0 bridgehead atoms. The van der Waals surface area contributed by atoms with E-state index in [1.165, 1.54) is 11.8 Å². The van der Waals surface area contributed by atoms with Gasteiger partial charge in [-0.1, -0.05) is 30.3 Å². The Morgan fingerprint density at radius 3 is 2.67 bits per heavy atom. The van der Waals surface area contributed by atoms with Crippen molar-refractivity contribution in [1.29, 1.82) is 0 Å². The molecule has 0 saturated heterocycles. The number of anilines is 3. The fourth-order valence-corrected chi connectivity index (χ4v) is 3.41. The van der Waals surface area contributed by atoms with Crippen molar-refractivity contribution in [3.05, 3.63) is 72.2 Å². The highest BCUT2D eigenvalue weighted by Gasteiger charge is 2.28. The van der Waals surface area contributed by atoms with E-state index in [0.29, 0.717) is 17.5 Å². The zero-order chi connectivity index (χ0) is 18.8. The van der Waals surface area contributed by atoms with Gasteiger partial charge in [0, 0.05) is 11.7 Å². The van der Waals surface area contributed by atoms with Crippen LogP contribution in [0.15, 0.2) is 60.9 Å². The summed E-state index contributed by atoms with van der Waals surface area (Å²) in [5, 5.41) is 2.81. The van der Waals surface area contributed by atoms with E-state index in [1.807, 2.05) is 24.3 Å². The number of hydrogen-bond acceptors (Lipinski definition) is 5. The number of rotatable bonds is 4. The fourth-order valence-electron chi connectivity index (χ4n) is 3.41. The number of amides is 1. The Morgan fingerprint density at radius 2 is 1.89 bits per heavy atom. The average molecular weight is 360 g/mol. The molecule has 0 aliphatic carbocycles. The van der Waals surface area contributed by atoms with E-state index in [4.69, 9.17) is 4.74 Å². The van der Waals surface area contributed by atoms with E-state index in [0.717, 1.165) is 17.9 Å². The smallest absolute Gasteiger partial charge is 0.275 e. The fraction of sp³-hybridized carbons (Fsp3) is 0.190. The Kier molecular flexibility index (Phi) is 4.46. The minimum Gasteiger partial charge on any atom is -0.495 e. The first-order valence-corrected chi connectivity index (χ1v) is 8.81. The highest BCUT2D eigenvalue weighted by Crippen LogP contribution is 2.36. The molecule has 2 aromatic carbocycles. The Bertz CT molecular complexity index is 972. The van der Waals surface area contributed by atoms with Crippen LogP contribution < -0.4 is 15.0 Å². The van der Waals surface area contributed by atoms with Crippen LogP contribution in [-0.4, -0.2) is 29.0 Å². The molecule has 1 unspecified atom stereocenters. The largest absolute Gasteiger partial charge is 0.495 e. The molecule has 1 atom stereocenters. The third kappa shape index (κ3) is 3.21. The summed E-state index contributed by atoms with van der Waals surface area (Å²) in [6.45, 7) is 2.16. The number of para-hydroxylation sites is 3. The van der Waals surface area contributed by atoms with Gasteiger partial charge in [-0.25, -0.2) is 9.97 Å². The number of methoxy groups -OCH3 is 1. The molecule has 2 heterocycles. The minimum atomic E-state index is -0.326. The van der Waals surface area contributed by atoms with Crippen LogP contribution in [0.3, 0.4) is 0 Å². The van der Waals surface area contributed by atoms with Gasteiger partial charge in [-0.2, -0.15) is 0 Å². The second-order valence-electron chi connectivity index (χ2n) is 6.47. The molecule has 0 fully saturated rings. The lowest BCUT2D eigenvalue weighted by atomic mass is 10.1. The van der Waals surface area contributed by atoms with Gasteiger partial charge >= 0.3 is 0 Å². The Balaban J connectivity index is 1.55. The number of benzene rings is 2. The quantitative estimate of drug-likeness (QED) is 0.766. The SMILES string of the molecule is COc1ccccc1NC(=O)c1cnc(N2c3ccccc3CC2C)cn1. The number of carbonyl (C=O) groups is 1. The molecule has 1 amide bonds. The predicted molar refractivity (Wildman–Crippen MR) is 105 cm³/mol. The molecule has 3 aromatic rings. The zero-order valence-corrected chi connectivity index (χ0v) is 15.2. The standard InChI is InChI=1S/C21H20N4O2/c1-14-11-15-7-3-5-9-18(15)25(14)20-13-22-17(12-23-20)21(26)24-16-8-4-6-10-19(16)27-2/h3-10,12-14H,11H2,1-2H3,(H,24,26). The highest BCUT2D eigenvalue weighted by atomic mass is 16.5. The number of hydrogen-bond donors (Lipinski definition) is 1. The summed E-state index contributed by atoms with van der Waals surface area (Å²) in [6.07, 6.45) is 4.12. The summed E-state index contributed by atoms with van der Waals surface area (Å²) in [5.41, 5.74) is 3.29. The summed E-state index contributed by atoms with van der Waals surface area (Å²) in [4.78, 5) is 23.5. The third-order valence-electron chi connectivity index (χ3n) is 4.68. The van der Waals surface area contributed by atoms with Gasteiger partial charge in [0.15, 0.2) is 5.82 Å². The van der Waals surface area contributed by atoms with Gasteiger partial charge in [-0.3, -0.25) is 4.79 Å². The molecule has 27 heavy (non-hydrogen) atoms. The Labute approximate surface area is 157 Å². The van der Waals surface area contributed by atoms with Crippen LogP contribution in [0.4, 0.5) is 17.2 Å². The van der Waals surface area contributed by atoms with Crippen LogP contribution in [0.1, 0.15) is 23.0 Å². The van der Waals surface area contributed by atoms with E-state index < -0.39 is 0 Å². The van der Waals surface area contributed by atoms with Gasteiger partial charge in [0.05, 0.1) is 25.2 Å². The van der Waals surface area contributed by atoms with Gasteiger partial charge in [0.2, 0.25) is 0 Å². The molecule has 136 valence electrons. The average Bonchev–Trinajstić information content (AvgIpc) is 3.04. The monoisotopic (exact) mass is 360 g/mol. The van der Waals surface area contributed by atoms with Gasteiger partial charge in [0.25, 0.3) is 5.91 Å². The van der Waals surface area contributed by atoms with Crippen molar-refractivity contribution < 1.29 is 9.53 Å². The molecular formula is C21H20N4O2. The number of carbonyl (C=O) groups excluding carboxylic acids is 1. The molecule has 4 rings (SSSR count). The highest BCUT2D eigenvalue weighted by molar-refractivity contribution is 6.03. The van der Waals surface area contributed by atoms with Crippen molar-refractivity contribution in [3.63, 3.8) is 0 Å². The second-order valence-corrected chi connectivity index (χ2v) is 6.47. The molecular weight excluding hydrogens is 340 g/mol. The van der Waals surface area contributed by atoms with E-state index in [1.54, 1.807) is 25.4 Å². The molecule has 1 aliphatic rings. The maximum atomic E-state index is 12.5. The molecule has 0 radical (unpaired) electrons. The molecule has 6 nitrogen and oxygen atoms in total. The maximum Gasteiger partial charge on any atom is 0.275 e.